The van der Waals surface area contributed by atoms with Crippen molar-refractivity contribution in [3.05, 3.63) is 23.8 Å². The number of carbonyl (C=O) groups is 1. The van der Waals surface area contributed by atoms with E-state index < -0.39 is 0 Å². The maximum absolute atomic E-state index is 10.7. The smallest absolute Gasteiger partial charge is 0.221 e. The second-order valence-electron chi connectivity index (χ2n) is 3.10. The van der Waals surface area contributed by atoms with Crippen molar-refractivity contribution in [2.45, 2.75) is 13.8 Å². The van der Waals surface area contributed by atoms with Crippen molar-refractivity contribution < 1.29 is 15.1 Å². The van der Waals surface area contributed by atoms with Gasteiger partial charge < -0.3 is 15.6 Å². The highest BCUT2D eigenvalue weighted by Gasteiger charge is 2.06. The second-order valence-corrected chi connectivity index (χ2v) is 3.10. The zero-order valence-corrected chi connectivity index (χ0v) is 8.48. The Labute approximate surface area is 87.0 Å². The molecule has 3 N–H and O–H groups in total. The normalized spacial score (nSPS) is 11.2. The van der Waals surface area contributed by atoms with E-state index in [1.165, 1.54) is 13.0 Å². The molecule has 0 fully saturated rings. The molecule has 0 spiro atoms. The Balaban J connectivity index is 3.03. The molecule has 15 heavy (non-hydrogen) atoms. The first-order chi connectivity index (χ1) is 7.04. The summed E-state index contributed by atoms with van der Waals surface area (Å²) < 4.78 is 0. The third-order valence-electron chi connectivity index (χ3n) is 1.86. The van der Waals surface area contributed by atoms with E-state index in [-0.39, 0.29) is 11.7 Å². The van der Waals surface area contributed by atoms with Crippen LogP contribution in [0.1, 0.15) is 19.4 Å². The molecule has 5 heteroatoms. The van der Waals surface area contributed by atoms with E-state index in [9.17, 15) is 9.90 Å². The minimum atomic E-state index is -0.213. The lowest BCUT2D eigenvalue weighted by atomic mass is 10.1. The van der Waals surface area contributed by atoms with Crippen LogP contribution >= 0.6 is 0 Å². The molecule has 0 aliphatic carbocycles. The summed E-state index contributed by atoms with van der Waals surface area (Å²) in [5, 5.41) is 23.6. The van der Waals surface area contributed by atoms with E-state index in [1.54, 1.807) is 19.1 Å². The molecule has 0 atom stereocenters. The highest BCUT2D eigenvalue weighted by Crippen LogP contribution is 2.22. The number of hydrogen-bond donors (Lipinski definition) is 3. The lowest BCUT2D eigenvalue weighted by Crippen LogP contribution is -2.06. The molecule has 0 aliphatic rings. The molecule has 0 radical (unpaired) electrons. The number of rotatable bonds is 2. The zero-order valence-electron chi connectivity index (χ0n) is 8.48. The van der Waals surface area contributed by atoms with Gasteiger partial charge in [-0.2, -0.15) is 0 Å². The van der Waals surface area contributed by atoms with Crippen LogP contribution in [0, 0.1) is 0 Å². The third-order valence-corrected chi connectivity index (χ3v) is 1.86. The van der Waals surface area contributed by atoms with E-state index in [0.29, 0.717) is 17.0 Å². The number of hydrogen-bond acceptors (Lipinski definition) is 4. The molecule has 0 bridgehead atoms. The largest absolute Gasteiger partial charge is 0.507 e. The number of nitrogens with zero attached hydrogens (tertiary/aromatic N) is 1. The van der Waals surface area contributed by atoms with Gasteiger partial charge in [0.15, 0.2) is 0 Å². The van der Waals surface area contributed by atoms with Gasteiger partial charge in [0.05, 0.1) is 5.71 Å². The highest BCUT2D eigenvalue weighted by molar-refractivity contribution is 6.01. The fourth-order valence-corrected chi connectivity index (χ4v) is 1.17. The van der Waals surface area contributed by atoms with Crippen molar-refractivity contribution >= 4 is 17.3 Å². The van der Waals surface area contributed by atoms with Crippen molar-refractivity contribution in [1.82, 2.24) is 0 Å². The molecule has 0 saturated heterocycles. The Morgan fingerprint density at radius 1 is 1.40 bits per heavy atom. The van der Waals surface area contributed by atoms with Crippen molar-refractivity contribution in [3.8, 4) is 5.75 Å². The monoisotopic (exact) mass is 208 g/mol. The van der Waals surface area contributed by atoms with Gasteiger partial charge in [-0.15, -0.1) is 0 Å². The van der Waals surface area contributed by atoms with Crippen molar-refractivity contribution in [3.63, 3.8) is 0 Å². The minimum Gasteiger partial charge on any atom is -0.507 e. The van der Waals surface area contributed by atoms with Crippen LogP contribution in [0.15, 0.2) is 23.4 Å². The summed E-state index contributed by atoms with van der Waals surface area (Å²) >= 11 is 0. The average molecular weight is 208 g/mol. The fourth-order valence-electron chi connectivity index (χ4n) is 1.17. The first-order valence-electron chi connectivity index (χ1n) is 4.34. The third kappa shape index (κ3) is 2.70. The van der Waals surface area contributed by atoms with Crippen LogP contribution in [0.3, 0.4) is 0 Å². The number of carbonyl (C=O) groups excluding carboxylic acids is 1. The molecule has 1 rings (SSSR count). The van der Waals surface area contributed by atoms with Gasteiger partial charge >= 0.3 is 0 Å². The number of amides is 1. The molecular formula is C10H12N2O3. The Bertz CT molecular complexity index is 413. The molecular weight excluding hydrogens is 196 g/mol. The summed E-state index contributed by atoms with van der Waals surface area (Å²) in [7, 11) is 0. The molecule has 1 amide bonds. The molecule has 80 valence electrons. The quantitative estimate of drug-likeness (QED) is 0.391. The van der Waals surface area contributed by atoms with E-state index in [1.807, 2.05) is 0 Å². The van der Waals surface area contributed by atoms with E-state index >= 15 is 0 Å². The number of benzene rings is 1. The fraction of sp³-hybridized carbons (Fsp3) is 0.200. The van der Waals surface area contributed by atoms with Gasteiger partial charge in [-0.3, -0.25) is 4.79 Å². The number of phenolic OH excluding ortho intramolecular Hbond substituents is 1. The van der Waals surface area contributed by atoms with Gasteiger partial charge in [0.1, 0.15) is 5.75 Å². The number of anilines is 1. The van der Waals surface area contributed by atoms with Crippen LogP contribution < -0.4 is 5.32 Å². The minimum absolute atomic E-state index is 0.0449. The van der Waals surface area contributed by atoms with Crippen molar-refractivity contribution in [1.29, 1.82) is 0 Å². The summed E-state index contributed by atoms with van der Waals surface area (Å²) in [5.41, 5.74) is 1.22. The van der Waals surface area contributed by atoms with Gasteiger partial charge in [0.25, 0.3) is 0 Å². The van der Waals surface area contributed by atoms with Gasteiger partial charge in [-0.25, -0.2) is 0 Å². The first kappa shape index (κ1) is 11.0. The first-order valence-corrected chi connectivity index (χ1v) is 4.34. The van der Waals surface area contributed by atoms with Gasteiger partial charge in [0.2, 0.25) is 5.91 Å². The topological polar surface area (TPSA) is 81.9 Å². The summed E-state index contributed by atoms with van der Waals surface area (Å²) in [6.45, 7) is 2.94. The van der Waals surface area contributed by atoms with Crippen LogP contribution in [0.4, 0.5) is 5.69 Å². The molecule has 0 saturated carbocycles. The van der Waals surface area contributed by atoms with Crippen LogP contribution in [-0.4, -0.2) is 21.9 Å². The predicted molar refractivity (Wildman–Crippen MR) is 56.4 cm³/mol. The SMILES string of the molecule is CC(=O)Nc1ccc(/C(C)=N/O)c(O)c1. The zero-order chi connectivity index (χ0) is 11.4. The molecule has 1 aromatic carbocycles. The molecule has 0 unspecified atom stereocenters. The molecule has 0 aromatic heterocycles. The standard InChI is InChI=1S/C10H12N2O3/c1-6(12-15)9-4-3-8(5-10(9)14)11-7(2)13/h3-5,14-15H,1-2H3,(H,11,13)/b12-6+. The summed E-state index contributed by atoms with van der Waals surface area (Å²) in [6.07, 6.45) is 0. The Morgan fingerprint density at radius 2 is 2.07 bits per heavy atom. The Morgan fingerprint density at radius 3 is 2.53 bits per heavy atom. The van der Waals surface area contributed by atoms with Crippen molar-refractivity contribution in [2.75, 3.05) is 5.32 Å². The van der Waals surface area contributed by atoms with Crippen molar-refractivity contribution in [2.24, 2.45) is 5.16 Å². The average Bonchev–Trinajstić information content (AvgIpc) is 2.16. The van der Waals surface area contributed by atoms with Crippen LogP contribution in [0.2, 0.25) is 0 Å². The second kappa shape index (κ2) is 4.45. The van der Waals surface area contributed by atoms with Gasteiger partial charge in [0, 0.05) is 24.2 Å². The lowest BCUT2D eigenvalue weighted by Gasteiger charge is -2.06. The summed E-state index contributed by atoms with van der Waals surface area (Å²) in [5.74, 6) is -0.258. The van der Waals surface area contributed by atoms with Crippen LogP contribution in [0.5, 0.6) is 5.75 Å². The van der Waals surface area contributed by atoms with E-state index in [2.05, 4.69) is 10.5 Å². The van der Waals surface area contributed by atoms with Crippen LogP contribution in [0.25, 0.3) is 0 Å². The predicted octanol–water partition coefficient (Wildman–Crippen LogP) is 1.55. The molecule has 1 aromatic rings. The number of phenols is 1. The van der Waals surface area contributed by atoms with E-state index in [0.717, 1.165) is 0 Å². The van der Waals surface area contributed by atoms with Gasteiger partial charge in [-0.1, -0.05) is 5.16 Å². The molecule has 0 aliphatic heterocycles. The number of oxime groups is 1. The maximum Gasteiger partial charge on any atom is 0.221 e. The molecule has 5 nitrogen and oxygen atoms in total. The molecule has 0 heterocycles. The Hall–Kier alpha value is -2.04. The summed E-state index contributed by atoms with van der Waals surface area (Å²) in [4.78, 5) is 10.7. The number of nitrogens with one attached hydrogen (secondary N) is 1. The number of aromatic hydroxyl groups is 1. The maximum atomic E-state index is 10.7. The summed E-state index contributed by atoms with van der Waals surface area (Å²) in [6, 6.07) is 4.58. The Kier molecular flexibility index (Phi) is 3.28. The van der Waals surface area contributed by atoms with E-state index in [4.69, 9.17) is 5.21 Å². The lowest BCUT2D eigenvalue weighted by molar-refractivity contribution is -0.114. The van der Waals surface area contributed by atoms with Gasteiger partial charge in [-0.05, 0) is 19.1 Å². The van der Waals surface area contributed by atoms with Crippen LogP contribution in [-0.2, 0) is 4.79 Å². The highest BCUT2D eigenvalue weighted by atomic mass is 16.4.